The number of nitrogens with zero attached hydrogens (tertiary/aromatic N) is 3. The number of carbonyl (C=O) groups excluding carboxylic acids is 1. The minimum absolute atomic E-state index is 0.0857. The monoisotopic (exact) mass is 384 g/mol. The first kappa shape index (κ1) is 17.8. The fourth-order valence-electron chi connectivity index (χ4n) is 2.99. The van der Waals surface area contributed by atoms with Crippen molar-refractivity contribution in [1.82, 2.24) is 14.8 Å². The lowest BCUT2D eigenvalue weighted by molar-refractivity contribution is -0.113. The number of benzene rings is 1. The molecule has 0 unspecified atom stereocenters. The number of hydrogen-bond donors (Lipinski definition) is 1. The summed E-state index contributed by atoms with van der Waals surface area (Å²) in [4.78, 5) is 12.2. The first-order chi connectivity index (χ1) is 13.3. The number of carbonyl (C=O) groups is 1. The molecule has 0 aliphatic carbocycles. The Balaban J connectivity index is 1.47. The van der Waals surface area contributed by atoms with Crippen molar-refractivity contribution >= 4 is 23.4 Å². The van der Waals surface area contributed by atoms with Crippen molar-refractivity contribution in [1.29, 1.82) is 0 Å². The fraction of sp³-hybridized carbons (Fsp3) is 0.316. The molecule has 4 rings (SSSR count). The van der Waals surface area contributed by atoms with Gasteiger partial charge in [0.25, 0.3) is 0 Å². The van der Waals surface area contributed by atoms with E-state index in [0.717, 1.165) is 25.1 Å². The second-order valence-electron chi connectivity index (χ2n) is 6.23. The normalized spacial score (nSPS) is 16.5. The smallest absolute Gasteiger partial charge is 0.234 e. The third-order valence-electron chi connectivity index (χ3n) is 4.26. The molecule has 1 atom stereocenters. The molecule has 1 aliphatic rings. The maximum absolute atomic E-state index is 12.2. The lowest BCUT2D eigenvalue weighted by Gasteiger charge is -2.13. The van der Waals surface area contributed by atoms with Gasteiger partial charge < -0.3 is 14.5 Å². The van der Waals surface area contributed by atoms with Crippen LogP contribution in [0.1, 0.15) is 12.8 Å². The number of thioether (sulfide) groups is 1. The zero-order chi connectivity index (χ0) is 18.5. The second kappa shape index (κ2) is 8.41. The molecule has 3 heterocycles. The molecule has 0 saturated carbocycles. The molecule has 1 aliphatic heterocycles. The number of amides is 1. The Bertz CT molecular complexity index is 874. The summed E-state index contributed by atoms with van der Waals surface area (Å²) in [6.45, 7) is 1.43. The van der Waals surface area contributed by atoms with Crippen molar-refractivity contribution in [2.45, 2.75) is 30.6 Å². The second-order valence-corrected chi connectivity index (χ2v) is 7.17. The molecule has 1 saturated heterocycles. The Morgan fingerprint density at radius 1 is 1.22 bits per heavy atom. The minimum atomic E-state index is -0.0857. The Labute approximate surface area is 161 Å². The van der Waals surface area contributed by atoms with Crippen molar-refractivity contribution < 1.29 is 13.9 Å². The molecule has 2 aromatic heterocycles. The van der Waals surface area contributed by atoms with Crippen LogP contribution in [-0.2, 0) is 16.1 Å². The Morgan fingerprint density at radius 3 is 2.85 bits per heavy atom. The van der Waals surface area contributed by atoms with Gasteiger partial charge in [-0.25, -0.2) is 0 Å². The molecule has 3 aromatic rings. The van der Waals surface area contributed by atoms with Crippen LogP contribution in [0.3, 0.4) is 0 Å². The van der Waals surface area contributed by atoms with E-state index < -0.39 is 0 Å². The van der Waals surface area contributed by atoms with Crippen LogP contribution < -0.4 is 5.32 Å². The van der Waals surface area contributed by atoms with Crippen LogP contribution in [0.15, 0.2) is 58.3 Å². The zero-order valence-electron chi connectivity index (χ0n) is 14.7. The van der Waals surface area contributed by atoms with Crippen molar-refractivity contribution in [3.8, 4) is 11.6 Å². The van der Waals surface area contributed by atoms with E-state index in [4.69, 9.17) is 9.15 Å². The van der Waals surface area contributed by atoms with Crippen LogP contribution in [0.4, 0.5) is 5.69 Å². The molecule has 140 valence electrons. The van der Waals surface area contributed by atoms with Gasteiger partial charge in [-0.3, -0.25) is 9.36 Å². The van der Waals surface area contributed by atoms with Gasteiger partial charge in [-0.05, 0) is 37.1 Å². The van der Waals surface area contributed by atoms with Crippen molar-refractivity contribution in [3.63, 3.8) is 0 Å². The molecular formula is C19H20N4O3S. The number of furan rings is 1. The lowest BCUT2D eigenvalue weighted by Crippen LogP contribution is -2.18. The summed E-state index contributed by atoms with van der Waals surface area (Å²) in [6, 6.07) is 13.1. The average Bonchev–Trinajstić information content (AvgIpc) is 3.44. The summed E-state index contributed by atoms with van der Waals surface area (Å²) >= 11 is 1.36. The van der Waals surface area contributed by atoms with Gasteiger partial charge in [0.05, 0.1) is 24.7 Å². The summed E-state index contributed by atoms with van der Waals surface area (Å²) < 4.78 is 13.2. The molecule has 27 heavy (non-hydrogen) atoms. The predicted molar refractivity (Wildman–Crippen MR) is 102 cm³/mol. The van der Waals surface area contributed by atoms with Gasteiger partial charge in [0.15, 0.2) is 10.9 Å². The summed E-state index contributed by atoms with van der Waals surface area (Å²) in [5.41, 5.74) is 0.778. The van der Waals surface area contributed by atoms with E-state index in [2.05, 4.69) is 15.5 Å². The summed E-state index contributed by atoms with van der Waals surface area (Å²) in [5, 5.41) is 12.1. The van der Waals surface area contributed by atoms with E-state index in [1.807, 2.05) is 47.0 Å². The van der Waals surface area contributed by atoms with Gasteiger partial charge in [-0.15, -0.1) is 10.2 Å². The zero-order valence-corrected chi connectivity index (χ0v) is 15.5. The molecule has 1 amide bonds. The van der Waals surface area contributed by atoms with Gasteiger partial charge in [-0.1, -0.05) is 30.0 Å². The summed E-state index contributed by atoms with van der Waals surface area (Å²) in [5.74, 6) is 1.47. The molecule has 0 bridgehead atoms. The molecule has 1 aromatic carbocycles. The largest absolute Gasteiger partial charge is 0.461 e. The van der Waals surface area contributed by atoms with Crippen LogP contribution in [0, 0.1) is 0 Å². The SMILES string of the molecule is O=C(CSc1nnc(-c2ccco2)n1C[C@@H]1CCCO1)Nc1ccccc1. The van der Waals surface area contributed by atoms with Gasteiger partial charge >= 0.3 is 0 Å². The molecule has 7 nitrogen and oxygen atoms in total. The van der Waals surface area contributed by atoms with Gasteiger partial charge in [0, 0.05) is 12.3 Å². The number of ether oxygens (including phenoxy) is 1. The molecule has 0 radical (unpaired) electrons. The highest BCUT2D eigenvalue weighted by Crippen LogP contribution is 2.26. The Morgan fingerprint density at radius 2 is 2.11 bits per heavy atom. The highest BCUT2D eigenvalue weighted by Gasteiger charge is 2.23. The van der Waals surface area contributed by atoms with E-state index in [0.29, 0.717) is 23.3 Å². The van der Waals surface area contributed by atoms with Gasteiger partial charge in [0.1, 0.15) is 0 Å². The predicted octanol–water partition coefficient (Wildman–Crippen LogP) is 3.45. The quantitative estimate of drug-likeness (QED) is 0.628. The van der Waals surface area contributed by atoms with Crippen LogP contribution in [0.5, 0.6) is 0 Å². The van der Waals surface area contributed by atoms with E-state index in [-0.39, 0.29) is 17.8 Å². The maximum atomic E-state index is 12.2. The molecular weight excluding hydrogens is 364 g/mol. The minimum Gasteiger partial charge on any atom is -0.461 e. The highest BCUT2D eigenvalue weighted by atomic mass is 32.2. The van der Waals surface area contributed by atoms with Crippen LogP contribution in [-0.4, -0.2) is 39.1 Å². The first-order valence-corrected chi connectivity index (χ1v) is 9.84. The number of para-hydroxylation sites is 1. The van der Waals surface area contributed by atoms with E-state index >= 15 is 0 Å². The van der Waals surface area contributed by atoms with Gasteiger partial charge in [0.2, 0.25) is 11.7 Å². The molecule has 0 spiro atoms. The molecule has 1 fully saturated rings. The number of anilines is 1. The maximum Gasteiger partial charge on any atom is 0.234 e. The molecule has 8 heteroatoms. The molecule has 1 N–H and O–H groups in total. The summed E-state index contributed by atoms with van der Waals surface area (Å²) in [6.07, 6.45) is 3.81. The number of hydrogen-bond acceptors (Lipinski definition) is 6. The van der Waals surface area contributed by atoms with Crippen molar-refractivity contribution in [3.05, 3.63) is 48.7 Å². The van der Waals surface area contributed by atoms with Crippen LogP contribution in [0.2, 0.25) is 0 Å². The number of rotatable bonds is 7. The topological polar surface area (TPSA) is 82.2 Å². The number of aromatic nitrogens is 3. The van der Waals surface area contributed by atoms with Gasteiger partial charge in [-0.2, -0.15) is 0 Å². The third kappa shape index (κ3) is 4.40. The number of nitrogens with one attached hydrogen (secondary N) is 1. The highest BCUT2D eigenvalue weighted by molar-refractivity contribution is 7.99. The average molecular weight is 384 g/mol. The van der Waals surface area contributed by atoms with E-state index in [1.54, 1.807) is 6.26 Å². The van der Waals surface area contributed by atoms with E-state index in [1.165, 1.54) is 11.8 Å². The fourth-order valence-corrected chi connectivity index (χ4v) is 3.74. The van der Waals surface area contributed by atoms with Crippen molar-refractivity contribution in [2.24, 2.45) is 0 Å². The standard InChI is InChI=1S/C19H20N4O3S/c24-17(20-14-6-2-1-3-7-14)13-27-19-22-21-18(16-9-5-11-26-16)23(19)12-15-8-4-10-25-15/h1-3,5-7,9,11,15H,4,8,10,12-13H2,(H,20,24)/t15-/m0/s1. The first-order valence-electron chi connectivity index (χ1n) is 8.86. The van der Waals surface area contributed by atoms with Crippen LogP contribution >= 0.6 is 11.8 Å². The Hall–Kier alpha value is -2.58. The lowest BCUT2D eigenvalue weighted by atomic mass is 10.2. The Kier molecular flexibility index (Phi) is 5.55. The summed E-state index contributed by atoms with van der Waals surface area (Å²) in [7, 11) is 0. The van der Waals surface area contributed by atoms with Crippen molar-refractivity contribution in [2.75, 3.05) is 17.7 Å². The van der Waals surface area contributed by atoms with E-state index in [9.17, 15) is 4.79 Å². The third-order valence-corrected chi connectivity index (χ3v) is 5.23. The van der Waals surface area contributed by atoms with Crippen LogP contribution in [0.25, 0.3) is 11.6 Å².